The van der Waals surface area contributed by atoms with E-state index in [2.05, 4.69) is 10.4 Å². The highest BCUT2D eigenvalue weighted by Gasteiger charge is 2.54. The molecule has 2 saturated carbocycles. The Kier molecular flexibility index (Phi) is 5.34. The van der Waals surface area contributed by atoms with Gasteiger partial charge >= 0.3 is 0 Å². The number of aromatic nitrogens is 2. The van der Waals surface area contributed by atoms with E-state index in [1.54, 1.807) is 0 Å². The summed E-state index contributed by atoms with van der Waals surface area (Å²) in [6, 6.07) is 1.43. The van der Waals surface area contributed by atoms with Crippen LogP contribution in [0.15, 0.2) is 10.9 Å². The monoisotopic (exact) mass is 377 g/mol. The van der Waals surface area contributed by atoms with Gasteiger partial charge in [-0.25, -0.2) is 4.68 Å². The van der Waals surface area contributed by atoms with E-state index in [0.717, 1.165) is 25.7 Å². The summed E-state index contributed by atoms with van der Waals surface area (Å²) < 4.78 is 6.96. The van der Waals surface area contributed by atoms with E-state index in [4.69, 9.17) is 4.74 Å². The molecule has 2 fully saturated rings. The van der Waals surface area contributed by atoms with Gasteiger partial charge in [0.15, 0.2) is 0 Å². The molecule has 2 N–H and O–H groups in total. The third kappa shape index (κ3) is 4.34. The summed E-state index contributed by atoms with van der Waals surface area (Å²) in [5, 5.41) is 17.8. The van der Waals surface area contributed by atoms with Crippen molar-refractivity contribution in [2.75, 3.05) is 6.61 Å². The first-order valence-corrected chi connectivity index (χ1v) is 9.90. The maximum Gasteiger partial charge on any atom is 0.270 e. The molecule has 3 rings (SSSR count). The van der Waals surface area contributed by atoms with Crippen LogP contribution in [0.4, 0.5) is 0 Å². The van der Waals surface area contributed by atoms with Crippen LogP contribution >= 0.6 is 0 Å². The van der Waals surface area contributed by atoms with Crippen LogP contribution < -0.4 is 15.6 Å². The van der Waals surface area contributed by atoms with Crippen LogP contribution in [0.5, 0.6) is 5.75 Å². The minimum atomic E-state index is -0.622. The van der Waals surface area contributed by atoms with E-state index in [-0.39, 0.29) is 29.5 Å². The van der Waals surface area contributed by atoms with Crippen molar-refractivity contribution in [1.82, 2.24) is 15.1 Å². The number of carbonyl (C=O) groups is 1. The fourth-order valence-corrected chi connectivity index (χ4v) is 4.19. The Morgan fingerprint density at radius 3 is 2.48 bits per heavy atom. The molecular weight excluding hydrogens is 346 g/mol. The highest BCUT2D eigenvalue weighted by molar-refractivity contribution is 5.76. The number of fused-ring (bicyclic) bond motifs is 2. The maximum atomic E-state index is 12.6. The molecule has 0 aromatic carbocycles. The standard InChI is InChI=1S/C20H31N3O4/c1-13(2)11-27-15-9-17(25)23(22-18(15)14(3)4)10-16(24)21-19-5-7-20(26,12-19)8-6-19/h9,13-14,26H,5-8,10-12H2,1-4H3,(H,21,24). The molecule has 2 aliphatic rings. The van der Waals surface area contributed by atoms with Crippen molar-refractivity contribution in [3.05, 3.63) is 22.1 Å². The molecule has 1 heterocycles. The van der Waals surface area contributed by atoms with Crippen molar-refractivity contribution in [1.29, 1.82) is 0 Å². The minimum absolute atomic E-state index is 0.0698. The first-order valence-electron chi connectivity index (χ1n) is 9.90. The van der Waals surface area contributed by atoms with Crippen LogP contribution in [0.2, 0.25) is 0 Å². The topological polar surface area (TPSA) is 93.5 Å². The number of aliphatic hydroxyl groups is 1. The normalized spacial score (nSPS) is 26.8. The fraction of sp³-hybridized carbons (Fsp3) is 0.750. The van der Waals surface area contributed by atoms with Gasteiger partial charge in [-0.3, -0.25) is 9.59 Å². The van der Waals surface area contributed by atoms with Gasteiger partial charge in [0.1, 0.15) is 18.0 Å². The molecule has 1 aromatic heterocycles. The Bertz CT molecular complexity index is 761. The SMILES string of the molecule is CC(C)COc1cc(=O)n(CC(=O)NC23CCC(O)(CC2)C3)nc1C(C)C. The molecule has 2 bridgehead atoms. The molecule has 0 atom stereocenters. The first-order chi connectivity index (χ1) is 12.6. The van der Waals surface area contributed by atoms with E-state index in [0.29, 0.717) is 30.4 Å². The summed E-state index contributed by atoms with van der Waals surface area (Å²) in [5.41, 5.74) is -0.614. The van der Waals surface area contributed by atoms with Gasteiger partial charge in [0, 0.05) is 17.5 Å². The molecule has 1 aromatic rings. The molecule has 1 amide bonds. The molecular formula is C20H31N3O4. The van der Waals surface area contributed by atoms with Gasteiger partial charge < -0.3 is 15.2 Å². The van der Waals surface area contributed by atoms with Gasteiger partial charge in [-0.2, -0.15) is 5.10 Å². The average molecular weight is 377 g/mol. The lowest BCUT2D eigenvalue weighted by molar-refractivity contribution is -0.123. The van der Waals surface area contributed by atoms with E-state index >= 15 is 0 Å². The summed E-state index contributed by atoms with van der Waals surface area (Å²) in [6.45, 7) is 8.44. The number of rotatable bonds is 7. The number of amides is 1. The van der Waals surface area contributed by atoms with Crippen LogP contribution in [0.25, 0.3) is 0 Å². The Morgan fingerprint density at radius 2 is 1.96 bits per heavy atom. The lowest BCUT2D eigenvalue weighted by Gasteiger charge is -2.27. The molecule has 0 saturated heterocycles. The van der Waals surface area contributed by atoms with Crippen LogP contribution in [0, 0.1) is 5.92 Å². The highest BCUT2D eigenvalue weighted by Crippen LogP contribution is 2.50. The lowest BCUT2D eigenvalue weighted by Crippen LogP contribution is -2.47. The van der Waals surface area contributed by atoms with Crippen LogP contribution in [-0.2, 0) is 11.3 Å². The van der Waals surface area contributed by atoms with Gasteiger partial charge in [0.2, 0.25) is 5.91 Å². The van der Waals surface area contributed by atoms with Crippen LogP contribution in [0.3, 0.4) is 0 Å². The number of ether oxygens (including phenoxy) is 1. The zero-order valence-electron chi connectivity index (χ0n) is 16.7. The second kappa shape index (κ2) is 7.26. The molecule has 0 radical (unpaired) electrons. The predicted octanol–water partition coefficient (Wildman–Crippen LogP) is 1.97. The molecule has 2 aliphatic carbocycles. The average Bonchev–Trinajstić information content (AvgIpc) is 3.07. The van der Waals surface area contributed by atoms with Gasteiger partial charge in [0.25, 0.3) is 5.56 Å². The fourth-order valence-electron chi connectivity index (χ4n) is 4.19. The minimum Gasteiger partial charge on any atom is -0.491 e. The number of nitrogens with zero attached hydrogens (tertiary/aromatic N) is 2. The van der Waals surface area contributed by atoms with Gasteiger partial charge in [-0.15, -0.1) is 0 Å². The molecule has 7 nitrogen and oxygen atoms in total. The smallest absolute Gasteiger partial charge is 0.270 e. The van der Waals surface area contributed by atoms with Crippen molar-refractivity contribution in [2.24, 2.45) is 5.92 Å². The highest BCUT2D eigenvalue weighted by atomic mass is 16.5. The number of hydrogen-bond acceptors (Lipinski definition) is 5. The first kappa shape index (κ1) is 19.9. The van der Waals surface area contributed by atoms with Crippen molar-refractivity contribution >= 4 is 5.91 Å². The van der Waals surface area contributed by atoms with Crippen molar-refractivity contribution in [2.45, 2.75) is 83.4 Å². The number of carbonyl (C=O) groups excluding carboxylic acids is 1. The van der Waals surface area contributed by atoms with Crippen LogP contribution in [0.1, 0.15) is 71.4 Å². The molecule has 7 heteroatoms. The summed E-state index contributed by atoms with van der Waals surface area (Å²) in [5.74, 6) is 0.672. The lowest BCUT2D eigenvalue weighted by atomic mass is 9.93. The van der Waals surface area contributed by atoms with Crippen molar-refractivity contribution < 1.29 is 14.6 Å². The van der Waals surface area contributed by atoms with Crippen molar-refractivity contribution in [3.8, 4) is 5.75 Å². The second-order valence-corrected chi connectivity index (χ2v) is 8.98. The molecule has 0 spiro atoms. The van der Waals surface area contributed by atoms with Gasteiger partial charge in [-0.1, -0.05) is 27.7 Å². The second-order valence-electron chi connectivity index (χ2n) is 8.98. The van der Waals surface area contributed by atoms with Gasteiger partial charge in [-0.05, 0) is 38.0 Å². The quantitative estimate of drug-likeness (QED) is 0.758. The Balaban J connectivity index is 1.73. The third-order valence-corrected chi connectivity index (χ3v) is 5.61. The Labute approximate surface area is 160 Å². The third-order valence-electron chi connectivity index (χ3n) is 5.61. The zero-order chi connectivity index (χ0) is 19.8. The summed E-state index contributed by atoms with van der Waals surface area (Å²) >= 11 is 0. The van der Waals surface area contributed by atoms with Crippen molar-refractivity contribution in [3.63, 3.8) is 0 Å². The Morgan fingerprint density at radius 1 is 1.30 bits per heavy atom. The summed E-state index contributed by atoms with van der Waals surface area (Å²) in [7, 11) is 0. The number of hydrogen-bond donors (Lipinski definition) is 2. The zero-order valence-corrected chi connectivity index (χ0v) is 16.7. The predicted molar refractivity (Wildman–Crippen MR) is 102 cm³/mol. The summed E-state index contributed by atoms with van der Waals surface area (Å²) in [6.07, 6.45) is 3.64. The molecule has 27 heavy (non-hydrogen) atoms. The maximum absolute atomic E-state index is 12.6. The molecule has 0 aliphatic heterocycles. The van der Waals surface area contributed by atoms with Crippen LogP contribution in [-0.4, -0.2) is 38.5 Å². The molecule has 0 unspecified atom stereocenters. The summed E-state index contributed by atoms with van der Waals surface area (Å²) in [4.78, 5) is 25.0. The molecule has 150 valence electrons. The van der Waals surface area contributed by atoms with E-state index in [1.165, 1.54) is 10.7 Å². The van der Waals surface area contributed by atoms with E-state index < -0.39 is 5.60 Å². The van der Waals surface area contributed by atoms with E-state index in [1.807, 2.05) is 27.7 Å². The van der Waals surface area contributed by atoms with E-state index in [9.17, 15) is 14.7 Å². The van der Waals surface area contributed by atoms with Gasteiger partial charge in [0.05, 0.1) is 12.2 Å². The number of nitrogens with one attached hydrogen (secondary N) is 1. The largest absolute Gasteiger partial charge is 0.491 e. The Hall–Kier alpha value is -1.89.